The topological polar surface area (TPSA) is 47.3 Å². The fraction of sp³-hybridized carbons (Fsp3) is 1.00. The third kappa shape index (κ3) is 2.38. The third-order valence-electron chi connectivity index (χ3n) is 5.07. The lowest BCUT2D eigenvalue weighted by Gasteiger charge is -2.59. The zero-order chi connectivity index (χ0) is 12.5. The van der Waals surface area contributed by atoms with Crippen molar-refractivity contribution in [2.45, 2.75) is 70.6 Å². The molecule has 0 heterocycles. The number of nitrogens with two attached hydrogens (primary N) is 1. The van der Waals surface area contributed by atoms with E-state index in [1.807, 2.05) is 0 Å². The molecule has 2 unspecified atom stereocenters. The first-order valence-corrected chi connectivity index (χ1v) is 7.13. The second kappa shape index (κ2) is 4.87. The molecule has 3 nitrogen and oxygen atoms in total. The molecule has 0 bridgehead atoms. The molecule has 17 heavy (non-hydrogen) atoms. The van der Waals surface area contributed by atoms with Crippen molar-refractivity contribution in [3.63, 3.8) is 0 Å². The Balaban J connectivity index is 1.83. The molecule has 2 aliphatic rings. The predicted octanol–water partition coefficient (Wildman–Crippen LogP) is 2.05. The van der Waals surface area contributed by atoms with Crippen LogP contribution in [0.15, 0.2) is 0 Å². The molecule has 0 radical (unpaired) electrons. The number of ether oxygens (including phenoxy) is 1. The zero-order valence-electron chi connectivity index (χ0n) is 11.6. The monoisotopic (exact) mass is 240 g/mol. The lowest BCUT2D eigenvalue weighted by Crippen LogP contribution is -2.73. The largest absolute Gasteiger partial charge is 0.378 e. The average Bonchev–Trinajstić information content (AvgIpc) is 2.79. The molecule has 3 heteroatoms. The summed E-state index contributed by atoms with van der Waals surface area (Å²) >= 11 is 0. The Morgan fingerprint density at radius 2 is 1.94 bits per heavy atom. The molecule has 2 aliphatic carbocycles. The first-order valence-electron chi connectivity index (χ1n) is 7.13. The maximum atomic E-state index is 6.54. The quantitative estimate of drug-likeness (QED) is 0.773. The van der Waals surface area contributed by atoms with Gasteiger partial charge in [-0.1, -0.05) is 26.7 Å². The van der Waals surface area contributed by atoms with Crippen molar-refractivity contribution in [2.24, 2.45) is 11.1 Å². The lowest BCUT2D eigenvalue weighted by atomic mass is 9.54. The van der Waals surface area contributed by atoms with E-state index >= 15 is 0 Å². The van der Waals surface area contributed by atoms with Gasteiger partial charge in [-0.25, -0.2) is 0 Å². The van der Waals surface area contributed by atoms with Crippen molar-refractivity contribution in [3.8, 4) is 0 Å². The molecule has 2 rings (SSSR count). The van der Waals surface area contributed by atoms with Crippen LogP contribution in [-0.2, 0) is 4.74 Å². The Morgan fingerprint density at radius 1 is 1.29 bits per heavy atom. The van der Waals surface area contributed by atoms with E-state index in [2.05, 4.69) is 26.1 Å². The van der Waals surface area contributed by atoms with Crippen LogP contribution in [0.5, 0.6) is 0 Å². The second-order valence-corrected chi connectivity index (χ2v) is 6.39. The molecular weight excluding hydrogens is 212 g/mol. The molecule has 0 saturated heterocycles. The van der Waals surface area contributed by atoms with Gasteiger partial charge < -0.3 is 15.8 Å². The summed E-state index contributed by atoms with van der Waals surface area (Å²) in [4.78, 5) is 0. The molecule has 0 aromatic rings. The Hall–Kier alpha value is -0.120. The van der Waals surface area contributed by atoms with Crippen molar-refractivity contribution >= 4 is 0 Å². The minimum atomic E-state index is -0.0879. The highest BCUT2D eigenvalue weighted by Gasteiger charge is 2.58. The minimum Gasteiger partial charge on any atom is -0.378 e. The number of nitrogens with one attached hydrogen (secondary N) is 1. The Bertz CT molecular complexity index is 261. The molecule has 100 valence electrons. The number of rotatable bonds is 5. The van der Waals surface area contributed by atoms with Gasteiger partial charge in [0.25, 0.3) is 0 Å². The van der Waals surface area contributed by atoms with Crippen LogP contribution in [0.3, 0.4) is 0 Å². The van der Waals surface area contributed by atoms with E-state index in [9.17, 15) is 0 Å². The maximum absolute atomic E-state index is 6.54. The van der Waals surface area contributed by atoms with Gasteiger partial charge in [-0.05, 0) is 26.2 Å². The summed E-state index contributed by atoms with van der Waals surface area (Å²) in [6.07, 6.45) is 6.73. The second-order valence-electron chi connectivity index (χ2n) is 6.39. The summed E-state index contributed by atoms with van der Waals surface area (Å²) in [6.45, 7) is 8.28. The van der Waals surface area contributed by atoms with E-state index in [1.165, 1.54) is 25.7 Å². The predicted molar refractivity (Wildman–Crippen MR) is 71.0 cm³/mol. The standard InChI is InChI=1S/C14H28N2O/c1-4-17-12-9-14(15,13(12,2)3)10-16-11-7-5-6-8-11/h11-12,16H,4-10,15H2,1-3H3. The molecule has 0 aromatic heterocycles. The Kier molecular flexibility index (Phi) is 3.81. The summed E-state index contributed by atoms with van der Waals surface area (Å²) in [6, 6.07) is 0.706. The van der Waals surface area contributed by atoms with Gasteiger partial charge in [0.15, 0.2) is 0 Å². The van der Waals surface area contributed by atoms with E-state index in [1.54, 1.807) is 0 Å². The first kappa shape index (κ1) is 13.3. The highest BCUT2D eigenvalue weighted by atomic mass is 16.5. The van der Waals surface area contributed by atoms with Gasteiger partial charge in [-0.3, -0.25) is 0 Å². The summed E-state index contributed by atoms with van der Waals surface area (Å²) in [5.74, 6) is 0. The molecule has 2 fully saturated rings. The highest BCUT2D eigenvalue weighted by Crippen LogP contribution is 2.49. The van der Waals surface area contributed by atoms with Crippen molar-refractivity contribution in [1.82, 2.24) is 5.32 Å². The fourth-order valence-corrected chi connectivity index (χ4v) is 3.26. The molecule has 0 aliphatic heterocycles. The molecular formula is C14H28N2O. The summed E-state index contributed by atoms with van der Waals surface area (Å²) in [7, 11) is 0. The lowest BCUT2D eigenvalue weighted by molar-refractivity contribution is -0.148. The van der Waals surface area contributed by atoms with Crippen molar-refractivity contribution in [2.75, 3.05) is 13.2 Å². The van der Waals surface area contributed by atoms with Gasteiger partial charge in [0.1, 0.15) is 0 Å². The van der Waals surface area contributed by atoms with Gasteiger partial charge >= 0.3 is 0 Å². The van der Waals surface area contributed by atoms with Crippen LogP contribution in [0.4, 0.5) is 0 Å². The molecule has 2 atom stereocenters. The Morgan fingerprint density at radius 3 is 2.47 bits per heavy atom. The Labute approximate surface area is 105 Å². The van der Waals surface area contributed by atoms with E-state index in [4.69, 9.17) is 10.5 Å². The van der Waals surface area contributed by atoms with E-state index in [-0.39, 0.29) is 11.0 Å². The van der Waals surface area contributed by atoms with Gasteiger partial charge in [-0.15, -0.1) is 0 Å². The molecule has 3 N–H and O–H groups in total. The normalized spacial score (nSPS) is 37.1. The number of hydrogen-bond acceptors (Lipinski definition) is 3. The third-order valence-corrected chi connectivity index (χ3v) is 5.07. The molecule has 2 saturated carbocycles. The summed E-state index contributed by atoms with van der Waals surface area (Å²) in [5, 5.41) is 3.66. The SMILES string of the molecule is CCOC1CC(N)(CNC2CCCC2)C1(C)C. The fourth-order valence-electron chi connectivity index (χ4n) is 3.26. The summed E-state index contributed by atoms with van der Waals surface area (Å²) in [5.41, 5.74) is 6.54. The van der Waals surface area contributed by atoms with Crippen LogP contribution in [-0.4, -0.2) is 30.8 Å². The van der Waals surface area contributed by atoms with Crippen LogP contribution in [0.25, 0.3) is 0 Å². The van der Waals surface area contributed by atoms with Crippen molar-refractivity contribution < 1.29 is 4.74 Å². The van der Waals surface area contributed by atoms with E-state index in [0.717, 1.165) is 19.6 Å². The molecule has 0 spiro atoms. The molecule has 0 amide bonds. The van der Waals surface area contributed by atoms with Crippen LogP contribution < -0.4 is 11.1 Å². The van der Waals surface area contributed by atoms with Gasteiger partial charge in [0.2, 0.25) is 0 Å². The van der Waals surface area contributed by atoms with Crippen LogP contribution >= 0.6 is 0 Å². The van der Waals surface area contributed by atoms with Gasteiger partial charge in [-0.2, -0.15) is 0 Å². The van der Waals surface area contributed by atoms with Gasteiger partial charge in [0, 0.05) is 30.1 Å². The summed E-state index contributed by atoms with van der Waals surface area (Å²) < 4.78 is 5.75. The highest BCUT2D eigenvalue weighted by molar-refractivity contribution is 5.14. The molecule has 0 aromatic carbocycles. The van der Waals surface area contributed by atoms with Crippen LogP contribution in [0, 0.1) is 5.41 Å². The van der Waals surface area contributed by atoms with E-state index in [0.29, 0.717) is 12.1 Å². The smallest absolute Gasteiger partial charge is 0.0662 e. The zero-order valence-corrected chi connectivity index (χ0v) is 11.6. The van der Waals surface area contributed by atoms with Crippen LogP contribution in [0.1, 0.15) is 52.9 Å². The van der Waals surface area contributed by atoms with Crippen molar-refractivity contribution in [1.29, 1.82) is 0 Å². The minimum absolute atomic E-state index is 0.0879. The van der Waals surface area contributed by atoms with Crippen molar-refractivity contribution in [3.05, 3.63) is 0 Å². The maximum Gasteiger partial charge on any atom is 0.0662 e. The average molecular weight is 240 g/mol. The van der Waals surface area contributed by atoms with E-state index < -0.39 is 0 Å². The van der Waals surface area contributed by atoms with Gasteiger partial charge in [0.05, 0.1) is 6.10 Å². The first-order chi connectivity index (χ1) is 7.99. The number of hydrogen-bond donors (Lipinski definition) is 2. The van der Waals surface area contributed by atoms with Crippen LogP contribution in [0.2, 0.25) is 0 Å².